The van der Waals surface area contributed by atoms with Crippen molar-refractivity contribution in [1.82, 2.24) is 4.57 Å². The molecule has 0 amide bonds. The summed E-state index contributed by atoms with van der Waals surface area (Å²) in [5.74, 6) is 0.282. The quantitative estimate of drug-likeness (QED) is 0.118. The van der Waals surface area contributed by atoms with Crippen molar-refractivity contribution < 1.29 is 30.9 Å². The molecule has 5 rings (SSSR count). The van der Waals surface area contributed by atoms with Gasteiger partial charge in [-0.2, -0.15) is 0 Å². The predicted molar refractivity (Wildman–Crippen MR) is 214 cm³/mol. The molecule has 0 aliphatic carbocycles. The Balaban J connectivity index is 0.00000278. The van der Waals surface area contributed by atoms with Gasteiger partial charge in [-0.1, -0.05) is 88.3 Å². The number of fused-ring (bicyclic) bond motifs is 3. The molecular formula is C44H61HfN3O-2. The number of nitrogens with zero attached hydrogens (tertiary/aromatic N) is 1. The van der Waals surface area contributed by atoms with Crippen molar-refractivity contribution in [2.24, 2.45) is 5.41 Å². The van der Waals surface area contributed by atoms with Gasteiger partial charge in [0.05, 0.1) is 16.7 Å². The molecule has 0 unspecified atom stereocenters. The largest absolute Gasteiger partial charge is 0.505 e. The van der Waals surface area contributed by atoms with E-state index in [1.54, 1.807) is 0 Å². The van der Waals surface area contributed by atoms with Gasteiger partial charge in [-0.25, -0.2) is 0 Å². The van der Waals surface area contributed by atoms with E-state index in [4.69, 9.17) is 0 Å². The summed E-state index contributed by atoms with van der Waals surface area (Å²) in [4.78, 5) is 0. The second-order valence-electron chi connectivity index (χ2n) is 17.1. The molecule has 0 fully saturated rings. The minimum Gasteiger partial charge on any atom is -0.505 e. The summed E-state index contributed by atoms with van der Waals surface area (Å²) in [6.45, 7) is 25.2. The number of nitrogens with one attached hydrogen (secondary N) is 2. The number of hydrogen-bond donors (Lipinski definition) is 3. The molecule has 0 radical (unpaired) electrons. The molecule has 0 spiro atoms. The zero-order valence-electron chi connectivity index (χ0n) is 33.0. The van der Waals surface area contributed by atoms with Gasteiger partial charge in [-0.3, -0.25) is 0 Å². The number of rotatable bonds is 6. The van der Waals surface area contributed by atoms with Crippen molar-refractivity contribution in [3.8, 4) is 22.6 Å². The Labute approximate surface area is 316 Å². The molecule has 3 N–H and O–H groups in total. The molecule has 0 aliphatic rings. The molecule has 1 heterocycles. The molecule has 1 aromatic heterocycles. The summed E-state index contributed by atoms with van der Waals surface area (Å²) in [6, 6.07) is 24.5. The number of phenolic OH excluding ortho intramolecular Hbond substituents is 1. The van der Waals surface area contributed by atoms with Crippen molar-refractivity contribution in [2.45, 2.75) is 98.8 Å². The Bertz CT molecular complexity index is 1830. The van der Waals surface area contributed by atoms with Crippen LogP contribution in [0.15, 0.2) is 66.7 Å². The molecule has 49 heavy (non-hydrogen) atoms. The van der Waals surface area contributed by atoms with E-state index in [0.29, 0.717) is 0 Å². The maximum absolute atomic E-state index is 12.4. The fourth-order valence-corrected chi connectivity index (χ4v) is 7.12. The van der Waals surface area contributed by atoms with Gasteiger partial charge in [0, 0.05) is 67.6 Å². The standard InChI is InChI=1S/C42H55N3O.2CH3.Hf/c1-39(2,3)25-42(10,11)29-22-32(26-18-30(43-12)24-31(19-26)44-13)38(46)37(23-29)45-35-16-14-27(40(4,5)6)20-33(35)34-21-28(41(7,8)9)15-17-36(34)45;;;/h14-24,43-44,46H,25H2,1-13H3;2*1H3;/q;2*-1;. The van der Waals surface area contributed by atoms with Gasteiger partial charge in [-0.15, -0.1) is 0 Å². The first-order valence-electron chi connectivity index (χ1n) is 16.7. The van der Waals surface area contributed by atoms with E-state index in [1.807, 2.05) is 14.1 Å². The number of phenols is 1. The van der Waals surface area contributed by atoms with Gasteiger partial charge in [-0.05, 0) is 105 Å². The van der Waals surface area contributed by atoms with Gasteiger partial charge in [0.15, 0.2) is 0 Å². The van der Waals surface area contributed by atoms with Crippen LogP contribution in [0.4, 0.5) is 11.4 Å². The van der Waals surface area contributed by atoms with Crippen LogP contribution in [0.25, 0.3) is 38.6 Å². The van der Waals surface area contributed by atoms with E-state index < -0.39 is 0 Å². The fraction of sp³-hybridized carbons (Fsp3) is 0.409. The molecule has 5 aromatic rings. The summed E-state index contributed by atoms with van der Waals surface area (Å²) in [5.41, 5.74) is 10.6. The van der Waals surface area contributed by atoms with Crippen LogP contribution in [0.3, 0.4) is 0 Å². The smallest absolute Gasteiger partial charge is 0.147 e. The zero-order chi connectivity index (χ0) is 34.0. The van der Waals surface area contributed by atoms with Crippen molar-refractivity contribution in [1.29, 1.82) is 0 Å². The summed E-state index contributed by atoms with van der Waals surface area (Å²) in [6.07, 6.45) is 0.999. The minimum absolute atomic E-state index is 0. The first-order chi connectivity index (χ1) is 21.2. The molecule has 264 valence electrons. The molecule has 5 heteroatoms. The van der Waals surface area contributed by atoms with Crippen LogP contribution in [0, 0.1) is 20.3 Å². The third kappa shape index (κ3) is 8.47. The normalized spacial score (nSPS) is 12.3. The van der Waals surface area contributed by atoms with E-state index in [2.05, 4.69) is 158 Å². The second-order valence-corrected chi connectivity index (χ2v) is 17.1. The van der Waals surface area contributed by atoms with Crippen molar-refractivity contribution in [2.75, 3.05) is 24.7 Å². The molecular weight excluding hydrogens is 765 g/mol. The van der Waals surface area contributed by atoms with Crippen LogP contribution < -0.4 is 10.6 Å². The van der Waals surface area contributed by atoms with Crippen LogP contribution >= 0.6 is 0 Å². The fourth-order valence-electron chi connectivity index (χ4n) is 7.12. The maximum atomic E-state index is 12.4. The SMILES string of the molecule is CNc1cc(NC)cc(-c2cc(C(C)(C)CC(C)(C)C)cc(-n3c4ccc(C(C)(C)C)cc4c4cc(C(C)(C)C)ccc43)c2O)c1.[CH3-].[CH3-].[Hf]. The van der Waals surface area contributed by atoms with Crippen LogP contribution in [0.2, 0.25) is 0 Å². The number of aromatic nitrogens is 1. The Kier molecular flexibility index (Phi) is 12.6. The summed E-state index contributed by atoms with van der Waals surface area (Å²) >= 11 is 0. The van der Waals surface area contributed by atoms with Crippen molar-refractivity contribution in [3.63, 3.8) is 0 Å². The van der Waals surface area contributed by atoms with Gasteiger partial charge >= 0.3 is 0 Å². The predicted octanol–water partition coefficient (Wildman–Crippen LogP) is 12.4. The molecule has 0 bridgehead atoms. The van der Waals surface area contributed by atoms with Crippen LogP contribution in [0.1, 0.15) is 99.3 Å². The summed E-state index contributed by atoms with van der Waals surface area (Å²) in [7, 11) is 3.87. The Morgan fingerprint density at radius 2 is 1.04 bits per heavy atom. The van der Waals surface area contributed by atoms with E-state index in [1.165, 1.54) is 27.5 Å². The molecule has 0 saturated carbocycles. The Morgan fingerprint density at radius 3 is 1.43 bits per heavy atom. The molecule has 0 atom stereocenters. The number of hydrogen-bond acceptors (Lipinski definition) is 3. The Morgan fingerprint density at radius 1 is 0.592 bits per heavy atom. The first-order valence-corrected chi connectivity index (χ1v) is 16.7. The van der Waals surface area contributed by atoms with Crippen LogP contribution in [-0.2, 0) is 42.1 Å². The number of benzene rings is 4. The third-order valence-electron chi connectivity index (χ3n) is 9.40. The zero-order valence-corrected chi connectivity index (χ0v) is 36.5. The number of aromatic hydroxyl groups is 1. The third-order valence-corrected chi connectivity index (χ3v) is 9.40. The number of anilines is 2. The van der Waals surface area contributed by atoms with Crippen molar-refractivity contribution in [3.05, 3.63) is 98.3 Å². The van der Waals surface area contributed by atoms with Crippen molar-refractivity contribution >= 4 is 33.2 Å². The molecule has 0 saturated heterocycles. The van der Waals surface area contributed by atoms with E-state index in [0.717, 1.165) is 45.6 Å². The Hall–Kier alpha value is -3.05. The van der Waals surface area contributed by atoms with E-state index >= 15 is 0 Å². The van der Waals surface area contributed by atoms with E-state index in [9.17, 15) is 5.11 Å². The van der Waals surface area contributed by atoms with Crippen LogP contribution in [-0.4, -0.2) is 23.8 Å². The van der Waals surface area contributed by atoms with Crippen LogP contribution in [0.5, 0.6) is 5.75 Å². The van der Waals surface area contributed by atoms with Gasteiger partial charge in [0.25, 0.3) is 0 Å². The van der Waals surface area contributed by atoms with Gasteiger partial charge < -0.3 is 35.2 Å². The maximum Gasteiger partial charge on any atom is 0.147 e. The van der Waals surface area contributed by atoms with Gasteiger partial charge in [0.1, 0.15) is 5.75 Å². The monoisotopic (exact) mass is 827 g/mol. The van der Waals surface area contributed by atoms with Gasteiger partial charge in [0.2, 0.25) is 0 Å². The second kappa shape index (κ2) is 14.7. The summed E-state index contributed by atoms with van der Waals surface area (Å²) < 4.78 is 2.29. The average molecular weight is 826 g/mol. The molecule has 0 aliphatic heterocycles. The van der Waals surface area contributed by atoms with E-state index in [-0.39, 0.29) is 68.1 Å². The minimum atomic E-state index is -0.139. The average Bonchev–Trinajstić information content (AvgIpc) is 3.27. The first kappa shape index (κ1) is 42.1. The topological polar surface area (TPSA) is 49.2 Å². The molecule has 4 aromatic carbocycles. The summed E-state index contributed by atoms with van der Waals surface area (Å²) in [5, 5.41) is 21.4. The molecule has 4 nitrogen and oxygen atoms in total.